The van der Waals surface area contributed by atoms with Crippen LogP contribution in [0.15, 0.2) is 0 Å². The lowest BCUT2D eigenvalue weighted by molar-refractivity contribution is 0.291. The van der Waals surface area contributed by atoms with Crippen LogP contribution in [0.4, 0.5) is 0 Å². The summed E-state index contributed by atoms with van der Waals surface area (Å²) in [4.78, 5) is 0. The van der Waals surface area contributed by atoms with Crippen LogP contribution in [-0.4, -0.2) is 31.1 Å². The average molecular weight is 244 g/mol. The predicted molar refractivity (Wildman–Crippen MR) is 63.2 cm³/mol. The molecule has 0 radical (unpaired) electrons. The number of nitrogens with zero attached hydrogens (tertiary/aromatic N) is 2. The molecule has 4 nitrogen and oxygen atoms in total. The van der Waals surface area contributed by atoms with Crippen LogP contribution in [0.3, 0.4) is 0 Å². The van der Waals surface area contributed by atoms with Crippen molar-refractivity contribution in [3.05, 3.63) is 0 Å². The van der Waals surface area contributed by atoms with Crippen molar-refractivity contribution in [3.8, 4) is 6.07 Å². The van der Waals surface area contributed by atoms with E-state index in [-0.39, 0.29) is 11.2 Å². The first kappa shape index (κ1) is 13.5. The molecule has 1 saturated heterocycles. The molecule has 0 aromatic heterocycles. The molecule has 1 aliphatic heterocycles. The van der Waals surface area contributed by atoms with E-state index < -0.39 is 16.1 Å². The van der Waals surface area contributed by atoms with E-state index >= 15 is 0 Å². The van der Waals surface area contributed by atoms with Gasteiger partial charge in [0.05, 0.1) is 11.8 Å². The predicted octanol–water partition coefficient (Wildman–Crippen LogP) is 1.74. The van der Waals surface area contributed by atoms with Gasteiger partial charge in [0.15, 0.2) is 0 Å². The lowest BCUT2D eigenvalue weighted by Gasteiger charge is -2.32. The molecule has 0 aliphatic carbocycles. The van der Waals surface area contributed by atoms with Crippen LogP contribution in [0.25, 0.3) is 0 Å². The Morgan fingerprint density at radius 3 is 2.50 bits per heavy atom. The van der Waals surface area contributed by atoms with Gasteiger partial charge in [0.1, 0.15) is 6.04 Å². The molecule has 0 saturated carbocycles. The summed E-state index contributed by atoms with van der Waals surface area (Å²) in [5, 5.41) is 8.97. The standard InChI is InChI=1S/C11H20N2O2S/c1-11(2,3)9-16(14,15)13-7-5-4-6-10(13)8-12/h10H,4-7,9H2,1-3H3. The van der Waals surface area contributed by atoms with Crippen molar-refractivity contribution in [2.45, 2.75) is 46.1 Å². The molecule has 0 bridgehead atoms. The molecule has 1 unspecified atom stereocenters. The Bertz CT molecular complexity index is 376. The summed E-state index contributed by atoms with van der Waals surface area (Å²) in [6.07, 6.45) is 2.47. The Morgan fingerprint density at radius 1 is 1.38 bits per heavy atom. The quantitative estimate of drug-likeness (QED) is 0.743. The van der Waals surface area contributed by atoms with Crippen molar-refractivity contribution < 1.29 is 8.42 Å². The molecule has 1 aliphatic rings. The van der Waals surface area contributed by atoms with Crippen molar-refractivity contribution in [1.82, 2.24) is 4.31 Å². The van der Waals surface area contributed by atoms with E-state index in [4.69, 9.17) is 5.26 Å². The van der Waals surface area contributed by atoms with Crippen LogP contribution in [0.5, 0.6) is 0 Å². The van der Waals surface area contributed by atoms with E-state index in [1.54, 1.807) is 0 Å². The molecule has 0 N–H and O–H groups in total. The summed E-state index contributed by atoms with van der Waals surface area (Å²) in [6, 6.07) is 1.64. The molecule has 0 amide bonds. The molecular formula is C11H20N2O2S. The molecule has 1 rings (SSSR count). The minimum Gasteiger partial charge on any atom is -0.212 e. The maximum Gasteiger partial charge on any atom is 0.215 e. The van der Waals surface area contributed by atoms with Gasteiger partial charge < -0.3 is 0 Å². The highest BCUT2D eigenvalue weighted by Gasteiger charge is 2.34. The normalized spacial score (nSPS) is 24.0. The molecule has 0 aromatic rings. The zero-order chi connectivity index (χ0) is 12.4. The smallest absolute Gasteiger partial charge is 0.212 e. The van der Waals surface area contributed by atoms with Gasteiger partial charge in [-0.3, -0.25) is 0 Å². The van der Waals surface area contributed by atoms with Crippen LogP contribution in [0, 0.1) is 16.7 Å². The molecule has 5 heteroatoms. The molecule has 1 heterocycles. The average Bonchev–Trinajstić information content (AvgIpc) is 2.14. The second-order valence-electron chi connectivity index (χ2n) is 5.57. The Labute approximate surface area is 98.3 Å². The van der Waals surface area contributed by atoms with Crippen molar-refractivity contribution in [3.63, 3.8) is 0 Å². The number of piperidine rings is 1. The fourth-order valence-electron chi connectivity index (χ4n) is 2.00. The summed E-state index contributed by atoms with van der Waals surface area (Å²) in [6.45, 7) is 6.19. The van der Waals surface area contributed by atoms with Crippen LogP contribution in [-0.2, 0) is 10.0 Å². The topological polar surface area (TPSA) is 61.2 Å². The van der Waals surface area contributed by atoms with Gasteiger partial charge >= 0.3 is 0 Å². The highest BCUT2D eigenvalue weighted by Crippen LogP contribution is 2.24. The third-order valence-corrected chi connectivity index (χ3v) is 4.96. The van der Waals surface area contributed by atoms with Crippen LogP contribution >= 0.6 is 0 Å². The summed E-state index contributed by atoms with van der Waals surface area (Å²) in [5.41, 5.74) is -0.268. The molecule has 1 atom stereocenters. The number of rotatable bonds is 2. The lowest BCUT2D eigenvalue weighted by atomic mass is 10.0. The Kier molecular flexibility index (Phi) is 3.97. The minimum atomic E-state index is -3.29. The highest BCUT2D eigenvalue weighted by atomic mass is 32.2. The van der Waals surface area contributed by atoms with Crippen molar-refractivity contribution >= 4 is 10.0 Å². The summed E-state index contributed by atoms with van der Waals surface area (Å²) in [5.74, 6) is 0.109. The third kappa shape index (κ3) is 3.46. The first-order chi connectivity index (χ1) is 7.26. The van der Waals surface area contributed by atoms with E-state index in [0.717, 1.165) is 12.8 Å². The molecule has 16 heavy (non-hydrogen) atoms. The number of hydrogen-bond donors (Lipinski definition) is 0. The molecule has 1 fully saturated rings. The minimum absolute atomic E-state index is 0.109. The van der Waals surface area contributed by atoms with Gasteiger partial charge in [0.2, 0.25) is 10.0 Å². The first-order valence-corrected chi connectivity index (χ1v) is 7.26. The van der Waals surface area contributed by atoms with Gasteiger partial charge in [-0.15, -0.1) is 0 Å². The van der Waals surface area contributed by atoms with Gasteiger partial charge in [0.25, 0.3) is 0 Å². The summed E-state index contributed by atoms with van der Waals surface area (Å²) in [7, 11) is -3.29. The molecule has 92 valence electrons. The van der Waals surface area contributed by atoms with E-state index in [9.17, 15) is 8.42 Å². The van der Waals surface area contributed by atoms with Gasteiger partial charge in [-0.1, -0.05) is 20.8 Å². The van der Waals surface area contributed by atoms with Gasteiger partial charge in [-0.05, 0) is 24.7 Å². The van der Waals surface area contributed by atoms with E-state index in [2.05, 4.69) is 6.07 Å². The third-order valence-electron chi connectivity index (χ3n) is 2.58. The van der Waals surface area contributed by atoms with Gasteiger partial charge in [0, 0.05) is 6.54 Å². The largest absolute Gasteiger partial charge is 0.215 e. The lowest BCUT2D eigenvalue weighted by Crippen LogP contribution is -2.45. The van der Waals surface area contributed by atoms with Crippen molar-refractivity contribution in [2.75, 3.05) is 12.3 Å². The van der Waals surface area contributed by atoms with Crippen LogP contribution in [0.2, 0.25) is 0 Å². The Morgan fingerprint density at radius 2 is 2.00 bits per heavy atom. The number of hydrogen-bond acceptors (Lipinski definition) is 3. The van der Waals surface area contributed by atoms with Crippen molar-refractivity contribution in [1.29, 1.82) is 5.26 Å². The zero-order valence-corrected chi connectivity index (χ0v) is 11.0. The van der Waals surface area contributed by atoms with E-state index in [0.29, 0.717) is 13.0 Å². The van der Waals surface area contributed by atoms with E-state index in [1.165, 1.54) is 4.31 Å². The SMILES string of the molecule is CC(C)(C)CS(=O)(=O)N1CCCCC1C#N. The zero-order valence-electron chi connectivity index (χ0n) is 10.2. The fourth-order valence-corrected chi connectivity index (χ4v) is 4.20. The Balaban J connectivity index is 2.86. The number of nitriles is 1. The highest BCUT2D eigenvalue weighted by molar-refractivity contribution is 7.89. The molecule has 0 aromatic carbocycles. The Hall–Kier alpha value is -0.600. The van der Waals surface area contributed by atoms with Gasteiger partial charge in [-0.2, -0.15) is 9.57 Å². The second kappa shape index (κ2) is 4.72. The number of sulfonamides is 1. The summed E-state index contributed by atoms with van der Waals surface area (Å²) >= 11 is 0. The van der Waals surface area contributed by atoms with Crippen LogP contribution < -0.4 is 0 Å². The summed E-state index contributed by atoms with van der Waals surface area (Å²) < 4.78 is 25.7. The monoisotopic (exact) mass is 244 g/mol. The first-order valence-electron chi connectivity index (χ1n) is 5.65. The fraction of sp³-hybridized carbons (Fsp3) is 0.909. The van der Waals surface area contributed by atoms with Crippen LogP contribution in [0.1, 0.15) is 40.0 Å². The maximum absolute atomic E-state index is 12.1. The second-order valence-corrected chi connectivity index (χ2v) is 7.49. The van der Waals surface area contributed by atoms with E-state index in [1.807, 2.05) is 20.8 Å². The molecular weight excluding hydrogens is 224 g/mol. The van der Waals surface area contributed by atoms with Crippen molar-refractivity contribution in [2.24, 2.45) is 5.41 Å². The van der Waals surface area contributed by atoms with Gasteiger partial charge in [-0.25, -0.2) is 8.42 Å². The molecule has 0 spiro atoms. The maximum atomic E-state index is 12.1.